The van der Waals surface area contributed by atoms with Gasteiger partial charge in [-0.1, -0.05) is 13.3 Å². The molecule has 0 radical (unpaired) electrons. The topological polar surface area (TPSA) is 49.8 Å². The van der Waals surface area contributed by atoms with Gasteiger partial charge in [0.05, 0.1) is 22.2 Å². The molecule has 2 rings (SSSR count). The van der Waals surface area contributed by atoms with Crippen LogP contribution in [0.1, 0.15) is 24.6 Å². The Morgan fingerprint density at radius 1 is 1.50 bits per heavy atom. The number of fused-ring (bicyclic) bond motifs is 1. The van der Waals surface area contributed by atoms with E-state index in [0.717, 1.165) is 17.7 Å². The van der Waals surface area contributed by atoms with E-state index >= 15 is 0 Å². The smallest absolute Gasteiger partial charge is 0.0969 e. The maximum Gasteiger partial charge on any atom is 0.0969 e. The molecule has 2 aromatic heterocycles. The summed E-state index contributed by atoms with van der Waals surface area (Å²) in [5.74, 6) is 0. The standard InChI is InChI=1S/C12H12N2S2/c1-2-3-8(7-13)12(14)11-6-10-9(16-11)4-5-15-10/h4-6H,2-3,14H2,1H3/b12-8-. The zero-order chi connectivity index (χ0) is 11.5. The van der Waals surface area contributed by atoms with E-state index in [9.17, 15) is 0 Å². The van der Waals surface area contributed by atoms with Crippen LogP contribution in [0.5, 0.6) is 0 Å². The van der Waals surface area contributed by atoms with Crippen molar-refractivity contribution in [3.63, 3.8) is 0 Å². The molecule has 0 aliphatic heterocycles. The van der Waals surface area contributed by atoms with Gasteiger partial charge in [-0.2, -0.15) is 5.26 Å². The lowest BCUT2D eigenvalue weighted by atomic mass is 10.1. The molecule has 2 nitrogen and oxygen atoms in total. The Morgan fingerprint density at radius 2 is 2.31 bits per heavy atom. The van der Waals surface area contributed by atoms with Crippen molar-refractivity contribution in [2.24, 2.45) is 5.73 Å². The number of nitriles is 1. The van der Waals surface area contributed by atoms with E-state index in [4.69, 9.17) is 11.0 Å². The van der Waals surface area contributed by atoms with Crippen LogP contribution < -0.4 is 5.73 Å². The third-order valence-corrected chi connectivity index (χ3v) is 4.49. The lowest BCUT2D eigenvalue weighted by molar-refractivity contribution is 0.929. The predicted octanol–water partition coefficient (Wildman–Crippen LogP) is 3.96. The fourth-order valence-electron chi connectivity index (χ4n) is 1.55. The van der Waals surface area contributed by atoms with E-state index in [1.54, 1.807) is 22.7 Å². The van der Waals surface area contributed by atoms with Gasteiger partial charge in [0, 0.05) is 9.40 Å². The third-order valence-electron chi connectivity index (χ3n) is 2.36. The molecular formula is C12H12N2S2. The number of hydrogen-bond donors (Lipinski definition) is 1. The second-order valence-electron chi connectivity index (χ2n) is 3.51. The minimum absolute atomic E-state index is 0.651. The van der Waals surface area contributed by atoms with Crippen molar-refractivity contribution < 1.29 is 0 Å². The highest BCUT2D eigenvalue weighted by molar-refractivity contribution is 7.27. The maximum absolute atomic E-state index is 9.03. The van der Waals surface area contributed by atoms with Crippen molar-refractivity contribution in [2.45, 2.75) is 19.8 Å². The molecule has 16 heavy (non-hydrogen) atoms. The lowest BCUT2D eigenvalue weighted by Gasteiger charge is -2.01. The first kappa shape index (κ1) is 11.2. The van der Waals surface area contributed by atoms with Gasteiger partial charge in [0.1, 0.15) is 0 Å². The van der Waals surface area contributed by atoms with Crippen LogP contribution in [0.3, 0.4) is 0 Å². The summed E-state index contributed by atoms with van der Waals surface area (Å²) < 4.78 is 2.49. The maximum atomic E-state index is 9.03. The quantitative estimate of drug-likeness (QED) is 0.836. The Hall–Kier alpha value is -1.31. The van der Waals surface area contributed by atoms with E-state index in [1.165, 1.54) is 9.40 Å². The number of rotatable bonds is 3. The third kappa shape index (κ3) is 1.97. The van der Waals surface area contributed by atoms with E-state index < -0.39 is 0 Å². The number of thiophene rings is 2. The van der Waals surface area contributed by atoms with Crippen molar-refractivity contribution in [3.05, 3.63) is 28.0 Å². The number of nitrogens with zero attached hydrogens (tertiary/aromatic N) is 1. The largest absolute Gasteiger partial charge is 0.397 e. The first-order valence-electron chi connectivity index (χ1n) is 5.12. The normalized spacial score (nSPS) is 12.5. The van der Waals surface area contributed by atoms with E-state index in [1.807, 2.05) is 0 Å². The van der Waals surface area contributed by atoms with Crippen LogP contribution in [-0.4, -0.2) is 0 Å². The molecule has 0 atom stereocenters. The van der Waals surface area contributed by atoms with Crippen molar-refractivity contribution in [1.29, 1.82) is 5.26 Å². The molecule has 0 saturated heterocycles. The van der Waals surface area contributed by atoms with Gasteiger partial charge in [-0.05, 0) is 23.9 Å². The average molecular weight is 248 g/mol. The second kappa shape index (κ2) is 4.69. The zero-order valence-electron chi connectivity index (χ0n) is 8.99. The van der Waals surface area contributed by atoms with E-state index in [0.29, 0.717) is 11.3 Å². The van der Waals surface area contributed by atoms with Crippen LogP contribution in [0.15, 0.2) is 23.1 Å². The molecule has 0 aromatic carbocycles. The van der Waals surface area contributed by atoms with Crippen LogP contribution in [0.2, 0.25) is 0 Å². The van der Waals surface area contributed by atoms with E-state index in [-0.39, 0.29) is 0 Å². The van der Waals surface area contributed by atoms with Crippen LogP contribution in [-0.2, 0) is 0 Å². The van der Waals surface area contributed by atoms with Crippen LogP contribution >= 0.6 is 22.7 Å². The lowest BCUT2D eigenvalue weighted by Crippen LogP contribution is -1.98. The molecule has 0 fully saturated rings. The summed E-state index contributed by atoms with van der Waals surface area (Å²) in [6, 6.07) is 6.37. The summed E-state index contributed by atoms with van der Waals surface area (Å²) in [4.78, 5) is 1.02. The summed E-state index contributed by atoms with van der Waals surface area (Å²) >= 11 is 3.37. The summed E-state index contributed by atoms with van der Waals surface area (Å²) in [7, 11) is 0. The van der Waals surface area contributed by atoms with Crippen molar-refractivity contribution in [2.75, 3.05) is 0 Å². The Balaban J connectivity index is 2.44. The molecular weight excluding hydrogens is 236 g/mol. The van der Waals surface area contributed by atoms with Gasteiger partial charge in [-0.15, -0.1) is 22.7 Å². The second-order valence-corrected chi connectivity index (χ2v) is 5.55. The minimum atomic E-state index is 0.651. The molecule has 0 aliphatic carbocycles. The van der Waals surface area contributed by atoms with Crippen molar-refractivity contribution in [3.8, 4) is 6.07 Å². The molecule has 0 aliphatic rings. The molecule has 0 amide bonds. The Bertz CT molecular complexity index is 541. The van der Waals surface area contributed by atoms with Gasteiger partial charge in [-0.25, -0.2) is 0 Å². The fraction of sp³-hybridized carbons (Fsp3) is 0.250. The first-order valence-corrected chi connectivity index (χ1v) is 6.82. The van der Waals surface area contributed by atoms with Crippen LogP contribution in [0.4, 0.5) is 0 Å². The van der Waals surface area contributed by atoms with Crippen molar-refractivity contribution in [1.82, 2.24) is 0 Å². The summed E-state index contributed by atoms with van der Waals surface area (Å²) in [5, 5.41) is 11.1. The Labute approximate surface area is 103 Å². The Morgan fingerprint density at radius 3 is 2.94 bits per heavy atom. The minimum Gasteiger partial charge on any atom is -0.397 e. The first-order chi connectivity index (χ1) is 7.76. The molecule has 0 bridgehead atoms. The van der Waals surface area contributed by atoms with Crippen molar-refractivity contribution >= 4 is 37.8 Å². The number of allylic oxidation sites excluding steroid dienone is 1. The summed E-state index contributed by atoms with van der Waals surface area (Å²) in [6.45, 7) is 2.05. The molecule has 0 unspecified atom stereocenters. The number of nitrogens with two attached hydrogens (primary N) is 1. The molecule has 0 saturated carbocycles. The predicted molar refractivity (Wildman–Crippen MR) is 71.3 cm³/mol. The van der Waals surface area contributed by atoms with Gasteiger partial charge in [0.2, 0.25) is 0 Å². The highest BCUT2D eigenvalue weighted by atomic mass is 32.1. The Kier molecular flexibility index (Phi) is 3.28. The van der Waals surface area contributed by atoms with Gasteiger partial charge in [-0.3, -0.25) is 0 Å². The van der Waals surface area contributed by atoms with Crippen LogP contribution in [0.25, 0.3) is 15.1 Å². The van der Waals surface area contributed by atoms with Crippen LogP contribution in [0, 0.1) is 11.3 Å². The SMILES string of the molecule is CCC/C(C#N)=C(/N)c1cc2sccc2s1. The highest BCUT2D eigenvalue weighted by Gasteiger charge is 2.09. The molecule has 0 spiro atoms. The average Bonchev–Trinajstić information content (AvgIpc) is 2.84. The summed E-state index contributed by atoms with van der Waals surface area (Å²) in [6.07, 6.45) is 1.71. The van der Waals surface area contributed by atoms with Gasteiger partial charge >= 0.3 is 0 Å². The summed E-state index contributed by atoms with van der Waals surface area (Å²) in [5.41, 5.74) is 7.39. The fourth-order valence-corrected chi connectivity index (χ4v) is 3.64. The van der Waals surface area contributed by atoms with Gasteiger partial charge < -0.3 is 5.73 Å². The zero-order valence-corrected chi connectivity index (χ0v) is 10.6. The monoisotopic (exact) mass is 248 g/mol. The van der Waals surface area contributed by atoms with Gasteiger partial charge in [0.25, 0.3) is 0 Å². The molecule has 2 aromatic rings. The molecule has 4 heteroatoms. The highest BCUT2D eigenvalue weighted by Crippen LogP contribution is 2.33. The van der Waals surface area contributed by atoms with E-state index in [2.05, 4.69) is 30.5 Å². The number of hydrogen-bond acceptors (Lipinski definition) is 4. The molecule has 82 valence electrons. The molecule has 2 heterocycles. The van der Waals surface area contributed by atoms with Gasteiger partial charge in [0.15, 0.2) is 0 Å². The molecule has 2 N–H and O–H groups in total.